The minimum atomic E-state index is -0.195. The molecule has 2 aliphatic heterocycles. The summed E-state index contributed by atoms with van der Waals surface area (Å²) in [6, 6.07) is 0. The highest BCUT2D eigenvalue weighted by Crippen LogP contribution is 2.31. The standard InChI is InChI=1S/C14H25N3O3/c1-14(9-15)3-4-17(10-14)13(19)11-7-12(18)16(8-11)5-6-20-2/h11H,3-10,15H2,1-2H3. The van der Waals surface area contributed by atoms with Gasteiger partial charge >= 0.3 is 0 Å². The van der Waals surface area contributed by atoms with Gasteiger partial charge in [-0.15, -0.1) is 0 Å². The van der Waals surface area contributed by atoms with Gasteiger partial charge in [0.15, 0.2) is 0 Å². The lowest BCUT2D eigenvalue weighted by Gasteiger charge is -2.24. The number of nitrogens with zero attached hydrogens (tertiary/aromatic N) is 2. The molecule has 2 amide bonds. The Morgan fingerprint density at radius 2 is 2.30 bits per heavy atom. The number of methoxy groups -OCH3 is 1. The van der Waals surface area contributed by atoms with Crippen LogP contribution in [-0.2, 0) is 14.3 Å². The fourth-order valence-electron chi connectivity index (χ4n) is 2.99. The molecule has 6 heteroatoms. The van der Waals surface area contributed by atoms with Crippen LogP contribution in [0.4, 0.5) is 0 Å². The maximum absolute atomic E-state index is 12.5. The molecule has 2 aliphatic rings. The summed E-state index contributed by atoms with van der Waals surface area (Å²) < 4.78 is 4.99. The number of likely N-dealkylation sites (tertiary alicyclic amines) is 2. The van der Waals surface area contributed by atoms with Crippen molar-refractivity contribution >= 4 is 11.8 Å². The second-order valence-electron chi connectivity index (χ2n) is 6.26. The molecule has 2 heterocycles. The average Bonchev–Trinajstić information content (AvgIpc) is 3.00. The van der Waals surface area contributed by atoms with Crippen LogP contribution in [-0.4, -0.2) is 68.1 Å². The van der Waals surface area contributed by atoms with Crippen LogP contribution < -0.4 is 5.73 Å². The van der Waals surface area contributed by atoms with E-state index >= 15 is 0 Å². The molecule has 20 heavy (non-hydrogen) atoms. The summed E-state index contributed by atoms with van der Waals surface area (Å²) in [5, 5.41) is 0. The van der Waals surface area contributed by atoms with E-state index in [1.54, 1.807) is 12.0 Å². The lowest BCUT2D eigenvalue weighted by Crippen LogP contribution is -2.38. The Bertz CT molecular complexity index is 388. The zero-order valence-corrected chi connectivity index (χ0v) is 12.4. The van der Waals surface area contributed by atoms with Crippen LogP contribution >= 0.6 is 0 Å². The third-order valence-corrected chi connectivity index (χ3v) is 4.49. The van der Waals surface area contributed by atoms with E-state index in [4.69, 9.17) is 10.5 Å². The van der Waals surface area contributed by atoms with Crippen molar-refractivity contribution in [2.24, 2.45) is 17.1 Å². The van der Waals surface area contributed by atoms with Crippen LogP contribution in [0.15, 0.2) is 0 Å². The summed E-state index contributed by atoms with van der Waals surface area (Å²) in [5.74, 6) is -0.0314. The number of hydrogen-bond donors (Lipinski definition) is 1. The van der Waals surface area contributed by atoms with Crippen molar-refractivity contribution in [2.75, 3.05) is 46.4 Å². The molecule has 2 rings (SSSR count). The highest BCUT2D eigenvalue weighted by molar-refractivity contribution is 5.89. The first-order valence-corrected chi connectivity index (χ1v) is 7.24. The van der Waals surface area contributed by atoms with Gasteiger partial charge in [0.25, 0.3) is 0 Å². The number of hydrogen-bond acceptors (Lipinski definition) is 4. The minimum absolute atomic E-state index is 0.0357. The Kier molecular flexibility index (Phi) is 4.65. The van der Waals surface area contributed by atoms with Crippen molar-refractivity contribution in [1.29, 1.82) is 0 Å². The number of ether oxygens (including phenoxy) is 1. The van der Waals surface area contributed by atoms with Gasteiger partial charge < -0.3 is 20.3 Å². The zero-order chi connectivity index (χ0) is 14.8. The van der Waals surface area contributed by atoms with Gasteiger partial charge in [-0.1, -0.05) is 6.92 Å². The molecule has 0 saturated carbocycles. The monoisotopic (exact) mass is 283 g/mol. The zero-order valence-electron chi connectivity index (χ0n) is 12.4. The molecule has 0 aliphatic carbocycles. The van der Waals surface area contributed by atoms with Crippen molar-refractivity contribution in [3.05, 3.63) is 0 Å². The molecule has 0 radical (unpaired) electrons. The summed E-state index contributed by atoms with van der Waals surface area (Å²) >= 11 is 0. The van der Waals surface area contributed by atoms with Crippen LogP contribution in [0.2, 0.25) is 0 Å². The molecule has 0 aromatic carbocycles. The van der Waals surface area contributed by atoms with E-state index < -0.39 is 0 Å². The minimum Gasteiger partial charge on any atom is -0.383 e. The number of nitrogens with two attached hydrogens (primary N) is 1. The van der Waals surface area contributed by atoms with Gasteiger partial charge in [-0.3, -0.25) is 9.59 Å². The molecule has 114 valence electrons. The van der Waals surface area contributed by atoms with E-state index in [0.717, 1.165) is 13.0 Å². The second-order valence-corrected chi connectivity index (χ2v) is 6.26. The summed E-state index contributed by atoms with van der Waals surface area (Å²) in [6.45, 7) is 5.80. The fourth-order valence-corrected chi connectivity index (χ4v) is 2.99. The first-order chi connectivity index (χ1) is 9.49. The predicted molar refractivity (Wildman–Crippen MR) is 74.9 cm³/mol. The SMILES string of the molecule is COCCN1CC(C(=O)N2CCC(C)(CN)C2)CC1=O. The Hall–Kier alpha value is -1.14. The van der Waals surface area contributed by atoms with Gasteiger partial charge in [0, 0.05) is 39.7 Å². The number of carbonyl (C=O) groups excluding carboxylic acids is 2. The number of rotatable bonds is 5. The number of amides is 2. The van der Waals surface area contributed by atoms with Crippen LogP contribution in [0.25, 0.3) is 0 Å². The number of carbonyl (C=O) groups is 2. The molecule has 0 aromatic rings. The van der Waals surface area contributed by atoms with Gasteiger partial charge in [0.2, 0.25) is 11.8 Å². The van der Waals surface area contributed by atoms with Gasteiger partial charge in [-0.25, -0.2) is 0 Å². The molecule has 0 bridgehead atoms. The van der Waals surface area contributed by atoms with E-state index in [0.29, 0.717) is 39.2 Å². The second kappa shape index (κ2) is 6.10. The smallest absolute Gasteiger partial charge is 0.228 e. The third-order valence-electron chi connectivity index (χ3n) is 4.49. The fraction of sp³-hybridized carbons (Fsp3) is 0.857. The van der Waals surface area contributed by atoms with Crippen molar-refractivity contribution < 1.29 is 14.3 Å². The van der Waals surface area contributed by atoms with Crippen molar-refractivity contribution in [3.63, 3.8) is 0 Å². The maximum atomic E-state index is 12.5. The van der Waals surface area contributed by atoms with E-state index in [-0.39, 0.29) is 23.1 Å². The molecule has 0 aromatic heterocycles. The van der Waals surface area contributed by atoms with Crippen LogP contribution in [0, 0.1) is 11.3 Å². The molecular formula is C14H25N3O3. The Morgan fingerprint density at radius 3 is 2.90 bits per heavy atom. The maximum Gasteiger partial charge on any atom is 0.228 e. The Morgan fingerprint density at radius 1 is 1.55 bits per heavy atom. The molecule has 2 fully saturated rings. The largest absolute Gasteiger partial charge is 0.383 e. The average molecular weight is 283 g/mol. The van der Waals surface area contributed by atoms with E-state index in [1.165, 1.54) is 0 Å². The quantitative estimate of drug-likeness (QED) is 0.750. The molecule has 2 N–H and O–H groups in total. The lowest BCUT2D eigenvalue weighted by atomic mass is 9.90. The van der Waals surface area contributed by atoms with Crippen LogP contribution in [0.5, 0.6) is 0 Å². The van der Waals surface area contributed by atoms with E-state index in [2.05, 4.69) is 6.92 Å². The highest BCUT2D eigenvalue weighted by atomic mass is 16.5. The van der Waals surface area contributed by atoms with Gasteiger partial charge in [0.1, 0.15) is 0 Å². The Balaban J connectivity index is 1.90. The lowest BCUT2D eigenvalue weighted by molar-refractivity contribution is -0.135. The van der Waals surface area contributed by atoms with Gasteiger partial charge in [-0.05, 0) is 18.4 Å². The molecule has 6 nitrogen and oxygen atoms in total. The van der Waals surface area contributed by atoms with Crippen molar-refractivity contribution in [1.82, 2.24) is 9.80 Å². The summed E-state index contributed by atoms with van der Waals surface area (Å²) in [4.78, 5) is 28.0. The molecule has 2 atom stereocenters. The van der Waals surface area contributed by atoms with Gasteiger partial charge in [-0.2, -0.15) is 0 Å². The summed E-state index contributed by atoms with van der Waals surface area (Å²) in [7, 11) is 1.61. The molecule has 2 saturated heterocycles. The van der Waals surface area contributed by atoms with Crippen LogP contribution in [0.1, 0.15) is 19.8 Å². The predicted octanol–water partition coefficient (Wildman–Crippen LogP) is -0.321. The highest BCUT2D eigenvalue weighted by Gasteiger charge is 2.41. The topological polar surface area (TPSA) is 75.9 Å². The van der Waals surface area contributed by atoms with Crippen molar-refractivity contribution in [2.45, 2.75) is 19.8 Å². The molecular weight excluding hydrogens is 258 g/mol. The molecule has 2 unspecified atom stereocenters. The Labute approximate surface area is 120 Å². The van der Waals surface area contributed by atoms with E-state index in [9.17, 15) is 9.59 Å². The summed E-state index contributed by atoms with van der Waals surface area (Å²) in [5.41, 5.74) is 5.80. The van der Waals surface area contributed by atoms with Gasteiger partial charge in [0.05, 0.1) is 12.5 Å². The molecule has 0 spiro atoms. The van der Waals surface area contributed by atoms with Crippen LogP contribution in [0.3, 0.4) is 0 Å². The first kappa shape index (κ1) is 15.3. The van der Waals surface area contributed by atoms with E-state index in [1.807, 2.05) is 4.90 Å². The summed E-state index contributed by atoms with van der Waals surface area (Å²) in [6.07, 6.45) is 1.28. The third kappa shape index (κ3) is 3.12. The first-order valence-electron chi connectivity index (χ1n) is 7.24. The normalized spacial score (nSPS) is 30.4. The van der Waals surface area contributed by atoms with Crippen molar-refractivity contribution in [3.8, 4) is 0 Å².